The van der Waals surface area contributed by atoms with Crippen LogP contribution in [0, 0.1) is 0 Å². The summed E-state index contributed by atoms with van der Waals surface area (Å²) in [5.74, 6) is -0.301. The molecule has 2 aromatic heterocycles. The first kappa shape index (κ1) is 17.9. The molecule has 2 heterocycles. The lowest BCUT2D eigenvalue weighted by atomic mass is 10.2. The maximum absolute atomic E-state index is 12.6. The van der Waals surface area contributed by atoms with Gasteiger partial charge in [-0.1, -0.05) is 6.07 Å². The van der Waals surface area contributed by atoms with Crippen LogP contribution in [0.2, 0.25) is 0 Å². The van der Waals surface area contributed by atoms with Crippen molar-refractivity contribution < 1.29 is 4.79 Å². The lowest BCUT2D eigenvalue weighted by molar-refractivity contribution is -0.119. The largest absolute Gasteiger partial charge is 0.324 e. The fraction of sp³-hybridized carbons (Fsp3) is 0.158. The second-order valence-corrected chi connectivity index (χ2v) is 6.51. The Balaban J connectivity index is 1.85. The van der Waals surface area contributed by atoms with Crippen LogP contribution >= 0.6 is 11.8 Å². The van der Waals surface area contributed by atoms with Gasteiger partial charge in [-0.25, -0.2) is 4.68 Å². The summed E-state index contributed by atoms with van der Waals surface area (Å²) in [6.07, 6.45) is 5.28. The van der Waals surface area contributed by atoms with E-state index < -0.39 is 6.04 Å². The number of hydrogen-bond acceptors (Lipinski definition) is 5. The first-order valence-electron chi connectivity index (χ1n) is 8.03. The molecule has 0 bridgehead atoms. The van der Waals surface area contributed by atoms with Crippen molar-refractivity contribution in [3.8, 4) is 11.3 Å². The molecule has 0 radical (unpaired) electrons. The van der Waals surface area contributed by atoms with Crippen molar-refractivity contribution in [2.75, 3.05) is 11.6 Å². The molecule has 26 heavy (non-hydrogen) atoms. The Hall–Kier alpha value is -2.93. The molecule has 1 atom stereocenters. The normalized spacial score (nSPS) is 11.8. The van der Waals surface area contributed by atoms with E-state index in [4.69, 9.17) is 0 Å². The summed E-state index contributed by atoms with van der Waals surface area (Å²) >= 11 is 1.59. The topological polar surface area (TPSA) is 76.9 Å². The molecule has 3 rings (SSSR count). The van der Waals surface area contributed by atoms with Crippen LogP contribution in [0.1, 0.15) is 13.0 Å². The summed E-state index contributed by atoms with van der Waals surface area (Å²) in [5, 5.41) is 7.19. The smallest absolute Gasteiger partial charge is 0.267 e. The van der Waals surface area contributed by atoms with Crippen molar-refractivity contribution in [1.82, 2.24) is 14.8 Å². The zero-order valence-electron chi connectivity index (χ0n) is 14.4. The van der Waals surface area contributed by atoms with Gasteiger partial charge in [-0.15, -0.1) is 11.8 Å². The van der Waals surface area contributed by atoms with E-state index in [2.05, 4.69) is 15.4 Å². The fourth-order valence-corrected chi connectivity index (χ4v) is 2.90. The highest BCUT2D eigenvalue weighted by Gasteiger charge is 2.18. The second kappa shape index (κ2) is 7.97. The number of nitrogens with zero attached hydrogens (tertiary/aromatic N) is 3. The van der Waals surface area contributed by atoms with E-state index in [0.29, 0.717) is 11.4 Å². The van der Waals surface area contributed by atoms with E-state index in [1.165, 1.54) is 10.7 Å². The Labute approximate surface area is 155 Å². The van der Waals surface area contributed by atoms with Crippen molar-refractivity contribution in [1.29, 1.82) is 0 Å². The highest BCUT2D eigenvalue weighted by atomic mass is 32.2. The molecule has 3 aromatic rings. The Bertz CT molecular complexity index is 973. The summed E-state index contributed by atoms with van der Waals surface area (Å²) in [4.78, 5) is 29.8. The number of nitrogens with one attached hydrogen (secondary N) is 1. The number of carbonyl (C=O) groups is 1. The van der Waals surface area contributed by atoms with Gasteiger partial charge in [-0.05, 0) is 49.6 Å². The zero-order valence-corrected chi connectivity index (χ0v) is 15.2. The van der Waals surface area contributed by atoms with Gasteiger partial charge in [0.05, 0.1) is 5.69 Å². The van der Waals surface area contributed by atoms with Gasteiger partial charge >= 0.3 is 0 Å². The molecule has 6 nitrogen and oxygen atoms in total. The number of hydrogen-bond donors (Lipinski definition) is 1. The second-order valence-electron chi connectivity index (χ2n) is 5.63. The van der Waals surface area contributed by atoms with Crippen molar-refractivity contribution in [3.63, 3.8) is 0 Å². The predicted octanol–water partition coefficient (Wildman–Crippen LogP) is 3.23. The van der Waals surface area contributed by atoms with Crippen LogP contribution in [0.15, 0.2) is 70.6 Å². The van der Waals surface area contributed by atoms with Crippen LogP contribution in [0.3, 0.4) is 0 Å². The van der Waals surface area contributed by atoms with Crippen LogP contribution in [-0.2, 0) is 4.79 Å². The van der Waals surface area contributed by atoms with E-state index in [0.717, 1.165) is 10.5 Å². The quantitative estimate of drug-likeness (QED) is 0.702. The molecule has 0 saturated carbocycles. The number of benzene rings is 1. The number of pyridine rings is 1. The Morgan fingerprint density at radius 3 is 2.65 bits per heavy atom. The number of thioether (sulfide) groups is 1. The number of rotatable bonds is 5. The number of carbonyl (C=O) groups excluding carboxylic acids is 1. The number of amides is 1. The third-order valence-corrected chi connectivity index (χ3v) is 4.61. The minimum absolute atomic E-state index is 0.301. The molecule has 1 aromatic carbocycles. The lowest BCUT2D eigenvalue weighted by Gasteiger charge is -2.15. The van der Waals surface area contributed by atoms with Gasteiger partial charge in [0.2, 0.25) is 5.91 Å². The molecule has 1 unspecified atom stereocenters. The van der Waals surface area contributed by atoms with Crippen molar-refractivity contribution in [2.45, 2.75) is 17.9 Å². The fourth-order valence-electron chi connectivity index (χ4n) is 2.44. The van der Waals surface area contributed by atoms with Crippen LogP contribution in [0.25, 0.3) is 11.3 Å². The van der Waals surface area contributed by atoms with Gasteiger partial charge in [0, 0.05) is 34.6 Å². The average molecular weight is 366 g/mol. The van der Waals surface area contributed by atoms with Crippen molar-refractivity contribution in [3.05, 3.63) is 71.3 Å². The summed E-state index contributed by atoms with van der Waals surface area (Å²) in [6.45, 7) is 1.65. The van der Waals surface area contributed by atoms with Crippen LogP contribution in [0.4, 0.5) is 5.69 Å². The monoisotopic (exact) mass is 366 g/mol. The lowest BCUT2D eigenvalue weighted by Crippen LogP contribution is -2.33. The molecule has 1 amide bonds. The molecule has 0 spiro atoms. The maximum Gasteiger partial charge on any atom is 0.267 e. The Morgan fingerprint density at radius 1 is 1.15 bits per heavy atom. The Morgan fingerprint density at radius 2 is 1.92 bits per heavy atom. The van der Waals surface area contributed by atoms with E-state index in [9.17, 15) is 9.59 Å². The first-order valence-corrected chi connectivity index (χ1v) is 9.26. The summed E-state index contributed by atoms with van der Waals surface area (Å²) in [7, 11) is 0. The molecule has 0 aliphatic rings. The molecular formula is C19H18N4O2S. The van der Waals surface area contributed by atoms with E-state index in [1.807, 2.05) is 30.5 Å². The van der Waals surface area contributed by atoms with Gasteiger partial charge in [0.15, 0.2) is 0 Å². The molecule has 132 valence electrons. The standard InChI is InChI=1S/C19H18N4O2S/c1-13(19(25)21-15-4-3-5-16(12-15)26-2)23-18(24)7-6-17(22-23)14-8-10-20-11-9-14/h3-13H,1-2H3,(H,21,25). The van der Waals surface area contributed by atoms with Crippen LogP contribution in [0.5, 0.6) is 0 Å². The predicted molar refractivity (Wildman–Crippen MR) is 103 cm³/mol. The minimum atomic E-state index is -0.748. The summed E-state index contributed by atoms with van der Waals surface area (Å²) in [5.41, 5.74) is 1.79. The maximum atomic E-state index is 12.6. The van der Waals surface area contributed by atoms with Gasteiger partial charge in [0.1, 0.15) is 6.04 Å². The van der Waals surface area contributed by atoms with Gasteiger partial charge in [0.25, 0.3) is 5.56 Å². The molecule has 0 aliphatic heterocycles. The zero-order chi connectivity index (χ0) is 18.5. The highest BCUT2D eigenvalue weighted by molar-refractivity contribution is 7.98. The minimum Gasteiger partial charge on any atom is -0.324 e. The molecular weight excluding hydrogens is 348 g/mol. The van der Waals surface area contributed by atoms with Gasteiger partial charge < -0.3 is 5.32 Å². The van der Waals surface area contributed by atoms with Gasteiger partial charge in [-0.2, -0.15) is 5.10 Å². The Kier molecular flexibility index (Phi) is 5.48. The van der Waals surface area contributed by atoms with E-state index in [1.54, 1.807) is 49.3 Å². The van der Waals surface area contributed by atoms with Gasteiger partial charge in [-0.3, -0.25) is 14.6 Å². The highest BCUT2D eigenvalue weighted by Crippen LogP contribution is 2.20. The molecule has 1 N–H and O–H groups in total. The van der Waals surface area contributed by atoms with Crippen molar-refractivity contribution >= 4 is 23.4 Å². The van der Waals surface area contributed by atoms with Crippen LogP contribution in [-0.4, -0.2) is 26.9 Å². The third-order valence-electron chi connectivity index (χ3n) is 3.88. The summed E-state index contributed by atoms with van der Waals surface area (Å²) in [6, 6.07) is 13.5. The molecule has 0 saturated heterocycles. The third kappa shape index (κ3) is 4.00. The first-order chi connectivity index (χ1) is 12.6. The number of aromatic nitrogens is 3. The SMILES string of the molecule is CSc1cccc(NC(=O)C(C)n2nc(-c3ccncc3)ccc2=O)c1. The molecule has 7 heteroatoms. The van der Waals surface area contributed by atoms with Crippen LogP contribution < -0.4 is 10.9 Å². The molecule has 0 fully saturated rings. The summed E-state index contributed by atoms with van der Waals surface area (Å²) < 4.78 is 1.20. The van der Waals surface area contributed by atoms with Crippen molar-refractivity contribution in [2.24, 2.45) is 0 Å². The molecule has 0 aliphatic carbocycles. The van der Waals surface area contributed by atoms with E-state index >= 15 is 0 Å². The average Bonchev–Trinajstić information content (AvgIpc) is 2.68. The van der Waals surface area contributed by atoms with E-state index in [-0.39, 0.29) is 11.5 Å². The number of anilines is 1.